The topological polar surface area (TPSA) is 96.4 Å². The molecule has 0 amide bonds. The van der Waals surface area contributed by atoms with Gasteiger partial charge in [0.15, 0.2) is 0 Å². The molecule has 0 aromatic carbocycles. The van der Waals surface area contributed by atoms with Gasteiger partial charge in [-0.1, -0.05) is 11.6 Å². The molecule has 1 aromatic heterocycles. The van der Waals surface area contributed by atoms with E-state index in [1.165, 1.54) is 18.3 Å². The molecule has 0 aliphatic rings. The predicted octanol–water partition coefficient (Wildman–Crippen LogP) is 0.0979. The van der Waals surface area contributed by atoms with Gasteiger partial charge in [0, 0.05) is 6.20 Å². The molecule has 2 N–H and O–H groups in total. The fourth-order valence-electron chi connectivity index (χ4n) is 0.806. The Morgan fingerprint density at radius 2 is 2.27 bits per heavy atom. The lowest BCUT2D eigenvalue weighted by Crippen LogP contribution is -2.29. The number of aliphatic carboxylic acids is 1. The van der Waals surface area contributed by atoms with Gasteiger partial charge < -0.3 is 5.11 Å². The molecule has 0 spiro atoms. The zero-order valence-corrected chi connectivity index (χ0v) is 8.92. The van der Waals surface area contributed by atoms with Crippen molar-refractivity contribution >= 4 is 27.6 Å². The summed E-state index contributed by atoms with van der Waals surface area (Å²) in [6, 6.07) is 2.63. The highest BCUT2D eigenvalue weighted by molar-refractivity contribution is 7.89. The average Bonchev–Trinajstić information content (AvgIpc) is 2.15. The molecule has 15 heavy (non-hydrogen) atoms. The van der Waals surface area contributed by atoms with Gasteiger partial charge in [-0.15, -0.1) is 0 Å². The number of nitrogens with zero attached hydrogens (tertiary/aromatic N) is 1. The number of rotatable bonds is 4. The van der Waals surface area contributed by atoms with E-state index in [-0.39, 0.29) is 10.0 Å². The minimum Gasteiger partial charge on any atom is -0.480 e. The molecule has 0 fully saturated rings. The molecule has 0 saturated heterocycles. The van der Waals surface area contributed by atoms with Crippen LogP contribution in [-0.2, 0) is 14.8 Å². The first kappa shape index (κ1) is 11.9. The molecule has 0 atom stereocenters. The normalized spacial score (nSPS) is 11.3. The lowest BCUT2D eigenvalue weighted by Gasteiger charge is -2.04. The number of halogens is 1. The van der Waals surface area contributed by atoms with Crippen molar-refractivity contribution < 1.29 is 18.3 Å². The van der Waals surface area contributed by atoms with Crippen molar-refractivity contribution in [2.45, 2.75) is 4.90 Å². The molecule has 1 heterocycles. The van der Waals surface area contributed by atoms with Crippen molar-refractivity contribution in [2.24, 2.45) is 0 Å². The van der Waals surface area contributed by atoms with Crippen LogP contribution in [0, 0.1) is 0 Å². The smallest absolute Gasteiger partial charge is 0.318 e. The maximum atomic E-state index is 11.5. The zero-order valence-electron chi connectivity index (χ0n) is 7.34. The molecule has 0 aliphatic carbocycles. The summed E-state index contributed by atoms with van der Waals surface area (Å²) in [5, 5.41) is 8.12. The first-order valence-electron chi connectivity index (χ1n) is 3.75. The molecular formula is C7H7ClN2O4S. The number of carboxylic acid groups (broad SMARTS) is 1. The lowest BCUT2D eigenvalue weighted by atomic mass is 10.5. The summed E-state index contributed by atoms with van der Waals surface area (Å²) in [4.78, 5) is 13.5. The summed E-state index contributed by atoms with van der Waals surface area (Å²) >= 11 is 5.55. The number of aromatic nitrogens is 1. The second-order valence-electron chi connectivity index (χ2n) is 2.51. The Labute approximate surface area is 91.0 Å². The van der Waals surface area contributed by atoms with Gasteiger partial charge in [0.1, 0.15) is 16.6 Å². The zero-order chi connectivity index (χ0) is 11.5. The van der Waals surface area contributed by atoms with E-state index in [1.54, 1.807) is 0 Å². The molecule has 1 rings (SSSR count). The van der Waals surface area contributed by atoms with E-state index in [0.717, 1.165) is 0 Å². The number of hydrogen-bond donors (Lipinski definition) is 2. The fraction of sp³-hybridized carbons (Fsp3) is 0.143. The third-order valence-electron chi connectivity index (χ3n) is 1.43. The minimum atomic E-state index is -3.91. The Hall–Kier alpha value is -1.18. The molecular weight excluding hydrogens is 244 g/mol. The molecule has 0 aliphatic heterocycles. The number of pyridine rings is 1. The largest absolute Gasteiger partial charge is 0.480 e. The minimum absolute atomic E-state index is 0.199. The number of sulfonamides is 1. The number of hydrogen-bond acceptors (Lipinski definition) is 4. The highest BCUT2D eigenvalue weighted by Crippen LogP contribution is 2.16. The van der Waals surface area contributed by atoms with Crippen molar-refractivity contribution in [3.63, 3.8) is 0 Å². The van der Waals surface area contributed by atoms with Crippen molar-refractivity contribution in [2.75, 3.05) is 6.54 Å². The van der Waals surface area contributed by atoms with E-state index in [9.17, 15) is 13.2 Å². The SMILES string of the molecule is O=C(O)CNS(=O)(=O)c1cccnc1Cl. The highest BCUT2D eigenvalue weighted by atomic mass is 35.5. The predicted molar refractivity (Wildman–Crippen MR) is 52.1 cm³/mol. The monoisotopic (exact) mass is 250 g/mol. The quantitative estimate of drug-likeness (QED) is 0.739. The number of carboxylic acids is 1. The lowest BCUT2D eigenvalue weighted by molar-refractivity contribution is -0.135. The Bertz CT molecular complexity index is 474. The maximum Gasteiger partial charge on any atom is 0.318 e. The van der Waals surface area contributed by atoms with Gasteiger partial charge >= 0.3 is 5.97 Å². The van der Waals surface area contributed by atoms with E-state index in [2.05, 4.69) is 4.98 Å². The van der Waals surface area contributed by atoms with Crippen LogP contribution < -0.4 is 4.72 Å². The van der Waals surface area contributed by atoms with Crippen LogP contribution in [0.15, 0.2) is 23.2 Å². The maximum absolute atomic E-state index is 11.5. The Kier molecular flexibility index (Phi) is 3.61. The van der Waals surface area contributed by atoms with E-state index < -0.39 is 22.5 Å². The number of carbonyl (C=O) groups is 1. The van der Waals surface area contributed by atoms with Gasteiger partial charge in [-0.2, -0.15) is 4.72 Å². The van der Waals surface area contributed by atoms with Crippen LogP contribution in [-0.4, -0.2) is 31.0 Å². The first-order valence-corrected chi connectivity index (χ1v) is 5.61. The third kappa shape index (κ3) is 3.15. The van der Waals surface area contributed by atoms with Crippen LogP contribution >= 0.6 is 11.6 Å². The molecule has 0 radical (unpaired) electrons. The average molecular weight is 251 g/mol. The van der Waals surface area contributed by atoms with Gasteiger partial charge in [0.2, 0.25) is 10.0 Å². The van der Waals surface area contributed by atoms with Crippen LogP contribution in [0.1, 0.15) is 0 Å². The third-order valence-corrected chi connectivity index (χ3v) is 3.27. The van der Waals surface area contributed by atoms with Crippen LogP contribution in [0.2, 0.25) is 5.15 Å². The van der Waals surface area contributed by atoms with Gasteiger partial charge in [-0.25, -0.2) is 13.4 Å². The first-order chi connectivity index (χ1) is 6.93. The number of nitrogens with one attached hydrogen (secondary N) is 1. The summed E-state index contributed by atoms with van der Waals surface area (Å²) in [5.41, 5.74) is 0. The summed E-state index contributed by atoms with van der Waals surface area (Å²) in [5.74, 6) is -1.28. The molecule has 1 aromatic rings. The molecule has 0 saturated carbocycles. The second kappa shape index (κ2) is 4.56. The summed E-state index contributed by atoms with van der Waals surface area (Å²) < 4.78 is 24.8. The highest BCUT2D eigenvalue weighted by Gasteiger charge is 2.18. The molecule has 82 valence electrons. The van der Waals surface area contributed by atoms with Crippen molar-refractivity contribution in [1.82, 2.24) is 9.71 Å². The van der Waals surface area contributed by atoms with Crippen LogP contribution in [0.5, 0.6) is 0 Å². The Morgan fingerprint density at radius 1 is 1.60 bits per heavy atom. The van der Waals surface area contributed by atoms with Gasteiger partial charge in [0.05, 0.1) is 0 Å². The molecule has 6 nitrogen and oxygen atoms in total. The summed E-state index contributed by atoms with van der Waals surface area (Å²) in [7, 11) is -3.91. The van der Waals surface area contributed by atoms with Crippen molar-refractivity contribution in [3.8, 4) is 0 Å². The fourth-order valence-corrected chi connectivity index (χ4v) is 2.23. The second-order valence-corrected chi connectivity index (χ2v) is 4.60. The summed E-state index contributed by atoms with van der Waals surface area (Å²) in [6.45, 7) is -0.701. The van der Waals surface area contributed by atoms with E-state index in [1.807, 2.05) is 4.72 Å². The van der Waals surface area contributed by atoms with E-state index >= 15 is 0 Å². The molecule has 0 bridgehead atoms. The van der Waals surface area contributed by atoms with Crippen LogP contribution in [0.3, 0.4) is 0 Å². The van der Waals surface area contributed by atoms with Crippen molar-refractivity contribution in [3.05, 3.63) is 23.5 Å². The Morgan fingerprint density at radius 3 is 2.80 bits per heavy atom. The Balaban J connectivity index is 2.97. The van der Waals surface area contributed by atoms with Crippen LogP contribution in [0.25, 0.3) is 0 Å². The van der Waals surface area contributed by atoms with E-state index in [0.29, 0.717) is 0 Å². The van der Waals surface area contributed by atoms with Gasteiger partial charge in [-0.3, -0.25) is 4.79 Å². The van der Waals surface area contributed by atoms with Gasteiger partial charge in [-0.05, 0) is 12.1 Å². The van der Waals surface area contributed by atoms with Crippen LogP contribution in [0.4, 0.5) is 0 Å². The van der Waals surface area contributed by atoms with Crippen molar-refractivity contribution in [1.29, 1.82) is 0 Å². The summed E-state index contributed by atoms with van der Waals surface area (Å²) in [6.07, 6.45) is 1.33. The molecule has 8 heteroatoms. The van der Waals surface area contributed by atoms with E-state index in [4.69, 9.17) is 16.7 Å². The molecule has 0 unspecified atom stereocenters. The standard InChI is InChI=1S/C7H7ClN2O4S/c8-7-5(2-1-3-9-7)15(13,14)10-4-6(11)12/h1-3,10H,4H2,(H,11,12). The van der Waals surface area contributed by atoms with Gasteiger partial charge in [0.25, 0.3) is 0 Å².